The average molecular weight is 308 g/mol. The first-order chi connectivity index (χ1) is 10.1. The Morgan fingerprint density at radius 2 is 2.05 bits per heavy atom. The zero-order valence-electron chi connectivity index (χ0n) is 11.1. The van der Waals surface area contributed by atoms with Gasteiger partial charge >= 0.3 is 0 Å². The second kappa shape index (κ2) is 5.21. The maximum atomic E-state index is 13.2. The molecule has 0 amide bonds. The van der Waals surface area contributed by atoms with E-state index >= 15 is 0 Å². The molecule has 0 bridgehead atoms. The van der Waals surface area contributed by atoms with E-state index in [-0.39, 0.29) is 11.7 Å². The van der Waals surface area contributed by atoms with Gasteiger partial charge in [0.2, 0.25) is 5.82 Å². The summed E-state index contributed by atoms with van der Waals surface area (Å²) in [7, 11) is 1.77. The first-order valence-corrected chi connectivity index (χ1v) is 6.81. The Morgan fingerprint density at radius 3 is 2.76 bits per heavy atom. The lowest BCUT2D eigenvalue weighted by molar-refractivity contribution is 0.432. The second-order valence-electron chi connectivity index (χ2n) is 4.27. The molecule has 2 heterocycles. The minimum Gasteiger partial charge on any atom is -0.378 e. The van der Waals surface area contributed by atoms with Crippen LogP contribution < -0.4 is 5.32 Å². The number of rotatable bonds is 3. The second-order valence-corrected chi connectivity index (χ2v) is 5.05. The molecule has 108 valence electrons. The monoisotopic (exact) mass is 308 g/mol. The van der Waals surface area contributed by atoms with Gasteiger partial charge in [-0.2, -0.15) is 9.36 Å². The molecule has 3 aromatic rings. The molecular formula is C13H10F2N4OS. The number of halogens is 2. The molecule has 8 heteroatoms. The molecule has 0 unspecified atom stereocenters. The first kappa shape index (κ1) is 13.6. The maximum absolute atomic E-state index is 13.2. The van der Waals surface area contributed by atoms with E-state index < -0.39 is 11.6 Å². The number of anilines is 1. The molecule has 0 aliphatic rings. The fourth-order valence-electron chi connectivity index (χ4n) is 1.87. The quantitative estimate of drug-likeness (QED) is 0.802. The van der Waals surface area contributed by atoms with Crippen LogP contribution in [0.2, 0.25) is 0 Å². The molecule has 0 fully saturated rings. The number of hydrogen-bond acceptors (Lipinski definition) is 6. The molecule has 0 radical (unpaired) electrons. The number of aromatic nitrogens is 3. The third-order valence-electron chi connectivity index (χ3n) is 2.91. The van der Waals surface area contributed by atoms with Crippen molar-refractivity contribution in [3.8, 4) is 22.8 Å². The van der Waals surface area contributed by atoms with Crippen LogP contribution in [0.4, 0.5) is 13.8 Å². The summed E-state index contributed by atoms with van der Waals surface area (Å²) < 4.78 is 35.6. The molecule has 0 atom stereocenters. The summed E-state index contributed by atoms with van der Waals surface area (Å²) in [4.78, 5) is 4.22. The van der Waals surface area contributed by atoms with E-state index in [9.17, 15) is 8.78 Å². The summed E-state index contributed by atoms with van der Waals surface area (Å²) in [6.07, 6.45) is 0. The van der Waals surface area contributed by atoms with Crippen LogP contribution in [0.1, 0.15) is 5.69 Å². The van der Waals surface area contributed by atoms with E-state index in [1.807, 2.05) is 6.92 Å². The zero-order chi connectivity index (χ0) is 15.0. The molecule has 0 saturated carbocycles. The van der Waals surface area contributed by atoms with Crippen LogP contribution >= 0.6 is 11.5 Å². The van der Waals surface area contributed by atoms with Crippen molar-refractivity contribution >= 4 is 16.5 Å². The molecule has 3 rings (SSSR count). The first-order valence-electron chi connectivity index (χ1n) is 6.03. The van der Waals surface area contributed by atoms with Crippen molar-refractivity contribution in [1.82, 2.24) is 14.5 Å². The van der Waals surface area contributed by atoms with E-state index in [0.29, 0.717) is 11.1 Å². The number of hydrogen-bond donors (Lipinski definition) is 1. The minimum absolute atomic E-state index is 0.191. The zero-order valence-corrected chi connectivity index (χ0v) is 12.0. The van der Waals surface area contributed by atoms with Gasteiger partial charge in [0, 0.05) is 12.6 Å². The smallest absolute Gasteiger partial charge is 0.263 e. The van der Waals surface area contributed by atoms with Crippen molar-refractivity contribution in [2.75, 3.05) is 12.4 Å². The summed E-state index contributed by atoms with van der Waals surface area (Å²) in [5.41, 5.74) is 1.81. The predicted molar refractivity (Wildman–Crippen MR) is 75.0 cm³/mol. The molecule has 0 aliphatic carbocycles. The van der Waals surface area contributed by atoms with Gasteiger partial charge in [0.1, 0.15) is 5.00 Å². The third-order valence-corrected chi connectivity index (χ3v) is 3.86. The van der Waals surface area contributed by atoms with Gasteiger partial charge in [-0.1, -0.05) is 5.16 Å². The maximum Gasteiger partial charge on any atom is 0.263 e. The largest absolute Gasteiger partial charge is 0.378 e. The molecule has 21 heavy (non-hydrogen) atoms. The highest BCUT2D eigenvalue weighted by molar-refractivity contribution is 7.10. The number of benzene rings is 1. The summed E-state index contributed by atoms with van der Waals surface area (Å²) >= 11 is 1.28. The van der Waals surface area contributed by atoms with Crippen LogP contribution in [0.5, 0.6) is 0 Å². The van der Waals surface area contributed by atoms with Gasteiger partial charge in [0.15, 0.2) is 11.6 Å². The molecule has 0 saturated heterocycles. The van der Waals surface area contributed by atoms with Crippen LogP contribution in [-0.4, -0.2) is 21.6 Å². The summed E-state index contributed by atoms with van der Waals surface area (Å²) in [6.45, 7) is 1.83. The SMILES string of the molecule is CNc1snc(C)c1-c1nc(-c2ccc(F)c(F)c2)no1. The fourth-order valence-corrected chi connectivity index (χ4v) is 2.61. The van der Waals surface area contributed by atoms with Crippen LogP contribution in [0.15, 0.2) is 22.7 Å². The van der Waals surface area contributed by atoms with Gasteiger partial charge in [-0.3, -0.25) is 0 Å². The van der Waals surface area contributed by atoms with Crippen LogP contribution in [0.3, 0.4) is 0 Å². The summed E-state index contributed by atoms with van der Waals surface area (Å²) in [5.74, 6) is -1.40. The predicted octanol–water partition coefficient (Wildman–Crippen LogP) is 3.49. The lowest BCUT2D eigenvalue weighted by Crippen LogP contribution is -1.89. The summed E-state index contributed by atoms with van der Waals surface area (Å²) in [5, 5.41) is 7.60. The molecule has 5 nitrogen and oxygen atoms in total. The van der Waals surface area contributed by atoms with Gasteiger partial charge in [-0.05, 0) is 36.7 Å². The highest BCUT2D eigenvalue weighted by Gasteiger charge is 2.19. The Balaban J connectivity index is 2.03. The lowest BCUT2D eigenvalue weighted by atomic mass is 10.2. The van der Waals surface area contributed by atoms with Gasteiger partial charge in [0.25, 0.3) is 5.89 Å². The van der Waals surface area contributed by atoms with E-state index in [2.05, 4.69) is 19.8 Å². The van der Waals surface area contributed by atoms with Crippen molar-refractivity contribution in [2.24, 2.45) is 0 Å². The Bertz CT molecular complexity index is 799. The molecule has 0 aliphatic heterocycles. The van der Waals surface area contributed by atoms with Gasteiger partial charge in [0.05, 0.1) is 11.3 Å². The number of nitrogens with one attached hydrogen (secondary N) is 1. The van der Waals surface area contributed by atoms with E-state index in [1.54, 1.807) is 7.05 Å². The minimum atomic E-state index is -0.955. The summed E-state index contributed by atoms with van der Waals surface area (Å²) in [6, 6.07) is 3.45. The van der Waals surface area contributed by atoms with Crippen LogP contribution in [-0.2, 0) is 0 Å². The standard InChI is InChI=1S/C13H10F2N4OS/c1-6-10(13(16-2)21-19-6)12-17-11(18-20-12)7-3-4-8(14)9(15)5-7/h3-5,16H,1-2H3. The van der Waals surface area contributed by atoms with Crippen molar-refractivity contribution in [1.29, 1.82) is 0 Å². The average Bonchev–Trinajstić information content (AvgIpc) is 3.08. The molecule has 1 aromatic carbocycles. The van der Waals surface area contributed by atoms with Crippen molar-refractivity contribution in [2.45, 2.75) is 6.92 Å². The third kappa shape index (κ3) is 2.38. The lowest BCUT2D eigenvalue weighted by Gasteiger charge is -1.97. The fraction of sp³-hybridized carbons (Fsp3) is 0.154. The highest BCUT2D eigenvalue weighted by Crippen LogP contribution is 2.34. The topological polar surface area (TPSA) is 63.8 Å². The Morgan fingerprint density at radius 1 is 1.24 bits per heavy atom. The molecule has 2 aromatic heterocycles. The van der Waals surface area contributed by atoms with Crippen LogP contribution in [0.25, 0.3) is 22.8 Å². The number of nitrogens with zero attached hydrogens (tertiary/aromatic N) is 3. The molecule has 1 N–H and O–H groups in total. The molecule has 0 spiro atoms. The van der Waals surface area contributed by atoms with Gasteiger partial charge in [-0.25, -0.2) is 8.78 Å². The Kier molecular flexibility index (Phi) is 3.38. The van der Waals surface area contributed by atoms with Gasteiger partial charge < -0.3 is 9.84 Å². The van der Waals surface area contributed by atoms with Gasteiger partial charge in [-0.15, -0.1) is 0 Å². The Labute approximate surface area is 122 Å². The highest BCUT2D eigenvalue weighted by atomic mass is 32.1. The Hall–Kier alpha value is -2.35. The van der Waals surface area contributed by atoms with Crippen molar-refractivity contribution in [3.63, 3.8) is 0 Å². The van der Waals surface area contributed by atoms with Crippen molar-refractivity contribution in [3.05, 3.63) is 35.5 Å². The number of aryl methyl sites for hydroxylation is 1. The van der Waals surface area contributed by atoms with E-state index in [4.69, 9.17) is 4.52 Å². The van der Waals surface area contributed by atoms with E-state index in [1.165, 1.54) is 17.6 Å². The van der Waals surface area contributed by atoms with E-state index in [0.717, 1.165) is 22.8 Å². The van der Waals surface area contributed by atoms with Crippen molar-refractivity contribution < 1.29 is 13.3 Å². The van der Waals surface area contributed by atoms with Crippen LogP contribution in [0, 0.1) is 18.6 Å². The normalized spacial score (nSPS) is 10.9. The molecular weight excluding hydrogens is 298 g/mol.